The lowest BCUT2D eigenvalue weighted by molar-refractivity contribution is 0.102. The Morgan fingerprint density at radius 3 is 2.64 bits per heavy atom. The predicted octanol–water partition coefficient (Wildman–Crippen LogP) is 7.09. The molecule has 0 saturated carbocycles. The zero-order chi connectivity index (χ0) is 26.3. The zero-order valence-electron chi connectivity index (χ0n) is 21.7. The smallest absolute Gasteiger partial charge is 0.169 e. The van der Waals surface area contributed by atoms with Crippen LogP contribution in [0.1, 0.15) is 41.4 Å². The molecule has 5 aromatic heterocycles. The molecule has 6 aromatic rings. The standard InChI is InChI=1S/C31H28N6OS/c1-19(38)28-7-8-29(39-28)31-24-15-27(34-25(24)9-10-33-31)30-23-14-21(5-6-26(23)35-36-30)22-13-20(16-32-17-22)18-37-11-3-2-4-12-37/h5-10,13-17,34H,2-4,11-12,18H2,1H3,(H,35,36). The summed E-state index contributed by atoms with van der Waals surface area (Å²) in [5, 5.41) is 9.93. The van der Waals surface area contributed by atoms with Crippen LogP contribution in [0.2, 0.25) is 0 Å². The normalized spacial score (nSPS) is 14.4. The fourth-order valence-corrected chi connectivity index (χ4v) is 6.45. The number of Topliss-reactive ketones (excluding diaryl/α,β-unsaturated/α-hetero) is 1. The van der Waals surface area contributed by atoms with E-state index in [1.54, 1.807) is 13.1 Å². The van der Waals surface area contributed by atoms with Crippen LogP contribution < -0.4 is 0 Å². The van der Waals surface area contributed by atoms with Gasteiger partial charge in [-0.2, -0.15) is 5.10 Å². The third-order valence-electron chi connectivity index (χ3n) is 7.54. The molecule has 1 aliphatic heterocycles. The second-order valence-electron chi connectivity index (χ2n) is 10.3. The fourth-order valence-electron chi connectivity index (χ4n) is 5.54. The number of fused-ring (bicyclic) bond motifs is 2. The molecule has 39 heavy (non-hydrogen) atoms. The third kappa shape index (κ3) is 4.56. The van der Waals surface area contributed by atoms with E-state index in [0.29, 0.717) is 0 Å². The number of aromatic amines is 2. The van der Waals surface area contributed by atoms with Gasteiger partial charge in [0.25, 0.3) is 0 Å². The van der Waals surface area contributed by atoms with E-state index in [2.05, 4.69) is 60.4 Å². The van der Waals surface area contributed by atoms with Gasteiger partial charge < -0.3 is 4.98 Å². The number of pyridine rings is 2. The van der Waals surface area contributed by atoms with Crippen LogP contribution in [0.15, 0.2) is 67.1 Å². The van der Waals surface area contributed by atoms with Crippen molar-refractivity contribution in [3.63, 3.8) is 0 Å². The van der Waals surface area contributed by atoms with Crippen molar-refractivity contribution in [2.75, 3.05) is 13.1 Å². The Kier molecular flexibility index (Phi) is 6.06. The number of carbonyl (C=O) groups excluding carboxylic acids is 1. The van der Waals surface area contributed by atoms with Gasteiger partial charge in [-0.15, -0.1) is 11.3 Å². The highest BCUT2D eigenvalue weighted by molar-refractivity contribution is 7.17. The van der Waals surface area contributed by atoms with Crippen LogP contribution in [0, 0.1) is 0 Å². The van der Waals surface area contributed by atoms with Gasteiger partial charge >= 0.3 is 0 Å². The van der Waals surface area contributed by atoms with E-state index in [9.17, 15) is 4.79 Å². The van der Waals surface area contributed by atoms with Gasteiger partial charge in [-0.1, -0.05) is 12.5 Å². The summed E-state index contributed by atoms with van der Waals surface area (Å²) >= 11 is 1.47. The van der Waals surface area contributed by atoms with Gasteiger partial charge in [-0.05, 0) is 86.4 Å². The number of ketones is 1. The van der Waals surface area contributed by atoms with E-state index in [1.807, 2.05) is 30.6 Å². The Hall–Kier alpha value is -4.14. The van der Waals surface area contributed by atoms with Crippen molar-refractivity contribution in [1.29, 1.82) is 0 Å². The lowest BCUT2D eigenvalue weighted by atomic mass is 10.0. The fraction of sp³-hybridized carbons (Fsp3) is 0.226. The molecule has 1 saturated heterocycles. The summed E-state index contributed by atoms with van der Waals surface area (Å²) in [6.45, 7) is 4.88. The first-order valence-corrected chi connectivity index (χ1v) is 14.2. The van der Waals surface area contributed by atoms with Gasteiger partial charge in [0.1, 0.15) is 5.69 Å². The van der Waals surface area contributed by atoms with E-state index in [1.165, 1.54) is 49.3 Å². The largest absolute Gasteiger partial charge is 0.353 e. The van der Waals surface area contributed by atoms with Crippen molar-refractivity contribution in [1.82, 2.24) is 30.0 Å². The molecule has 0 amide bonds. The van der Waals surface area contributed by atoms with Crippen LogP contribution in [0.5, 0.6) is 0 Å². The average molecular weight is 533 g/mol. The molecular weight excluding hydrogens is 504 g/mol. The van der Waals surface area contributed by atoms with Crippen molar-refractivity contribution in [2.24, 2.45) is 0 Å². The number of nitrogens with zero attached hydrogens (tertiary/aromatic N) is 4. The van der Waals surface area contributed by atoms with Gasteiger partial charge in [-0.25, -0.2) is 0 Å². The molecule has 0 atom stereocenters. The number of aromatic nitrogens is 5. The van der Waals surface area contributed by atoms with Gasteiger partial charge in [-0.3, -0.25) is 24.8 Å². The summed E-state index contributed by atoms with van der Waals surface area (Å²) in [5.41, 5.74) is 8.09. The SMILES string of the molecule is CC(=O)c1ccc(-c2nccc3[nH]c(-c4n[nH]c5ccc(-c6cncc(CN7CCCCC7)c6)cc45)cc23)s1. The molecule has 1 aromatic carbocycles. The maximum Gasteiger partial charge on any atom is 0.169 e. The zero-order valence-corrected chi connectivity index (χ0v) is 22.5. The van der Waals surface area contributed by atoms with Gasteiger partial charge in [0, 0.05) is 47.0 Å². The minimum absolute atomic E-state index is 0.0687. The number of likely N-dealkylation sites (tertiary alicyclic amines) is 1. The molecule has 0 unspecified atom stereocenters. The minimum Gasteiger partial charge on any atom is -0.353 e. The molecular formula is C31H28N6OS. The summed E-state index contributed by atoms with van der Waals surface area (Å²) in [6, 6.07) is 16.6. The van der Waals surface area contributed by atoms with Gasteiger partial charge in [0.05, 0.1) is 26.7 Å². The van der Waals surface area contributed by atoms with E-state index < -0.39 is 0 Å². The molecule has 7 nitrogen and oxygen atoms in total. The van der Waals surface area contributed by atoms with Crippen LogP contribution >= 0.6 is 11.3 Å². The van der Waals surface area contributed by atoms with Crippen molar-refractivity contribution >= 4 is 38.9 Å². The first-order valence-electron chi connectivity index (χ1n) is 13.4. The van der Waals surface area contributed by atoms with E-state index in [-0.39, 0.29) is 5.78 Å². The summed E-state index contributed by atoms with van der Waals surface area (Å²) in [5.74, 6) is 0.0687. The Morgan fingerprint density at radius 2 is 1.79 bits per heavy atom. The van der Waals surface area contributed by atoms with E-state index in [0.717, 1.165) is 66.3 Å². The Labute approximate surface area is 229 Å². The number of benzene rings is 1. The Bertz CT molecular complexity index is 1820. The number of hydrogen-bond acceptors (Lipinski definition) is 6. The monoisotopic (exact) mass is 532 g/mol. The molecule has 0 bridgehead atoms. The van der Waals surface area contributed by atoms with E-state index in [4.69, 9.17) is 0 Å². The molecule has 8 heteroatoms. The molecule has 1 aliphatic rings. The van der Waals surface area contributed by atoms with Gasteiger partial charge in [0.2, 0.25) is 0 Å². The number of thiophene rings is 1. The summed E-state index contributed by atoms with van der Waals surface area (Å²) in [4.78, 5) is 28.8. The molecule has 6 heterocycles. The number of hydrogen-bond donors (Lipinski definition) is 2. The maximum absolute atomic E-state index is 11.8. The first-order chi connectivity index (χ1) is 19.1. The molecule has 0 spiro atoms. The van der Waals surface area contributed by atoms with Crippen molar-refractivity contribution < 1.29 is 4.79 Å². The summed E-state index contributed by atoms with van der Waals surface area (Å²) in [6.07, 6.45) is 9.64. The van der Waals surface area contributed by atoms with Crippen molar-refractivity contribution in [2.45, 2.75) is 32.7 Å². The molecule has 194 valence electrons. The first kappa shape index (κ1) is 23.9. The van der Waals surface area contributed by atoms with Gasteiger partial charge in [0.15, 0.2) is 5.78 Å². The maximum atomic E-state index is 11.8. The van der Waals surface area contributed by atoms with Crippen LogP contribution in [0.4, 0.5) is 0 Å². The minimum atomic E-state index is 0.0687. The second-order valence-corrected chi connectivity index (χ2v) is 11.4. The number of carbonyl (C=O) groups is 1. The highest BCUT2D eigenvalue weighted by Gasteiger charge is 2.17. The summed E-state index contributed by atoms with van der Waals surface area (Å²) < 4.78 is 0. The molecule has 1 fully saturated rings. The van der Waals surface area contributed by atoms with Crippen molar-refractivity contribution in [3.05, 3.63) is 77.6 Å². The third-order valence-corrected chi connectivity index (χ3v) is 8.73. The molecule has 2 N–H and O–H groups in total. The van der Waals surface area contributed by atoms with Crippen LogP contribution in [0.25, 0.3) is 54.9 Å². The lowest BCUT2D eigenvalue weighted by Crippen LogP contribution is -2.29. The van der Waals surface area contributed by atoms with E-state index >= 15 is 0 Å². The number of nitrogens with one attached hydrogen (secondary N) is 2. The number of H-pyrrole nitrogens is 2. The molecule has 7 rings (SSSR count). The molecule has 0 radical (unpaired) electrons. The predicted molar refractivity (Wildman–Crippen MR) is 157 cm³/mol. The highest BCUT2D eigenvalue weighted by Crippen LogP contribution is 2.36. The van der Waals surface area contributed by atoms with Crippen LogP contribution in [-0.4, -0.2) is 48.9 Å². The highest BCUT2D eigenvalue weighted by atomic mass is 32.1. The Balaban J connectivity index is 1.25. The summed E-state index contributed by atoms with van der Waals surface area (Å²) in [7, 11) is 0. The Morgan fingerprint density at radius 1 is 0.923 bits per heavy atom. The van der Waals surface area contributed by atoms with Crippen LogP contribution in [-0.2, 0) is 6.54 Å². The lowest BCUT2D eigenvalue weighted by Gasteiger charge is -2.26. The topological polar surface area (TPSA) is 90.6 Å². The average Bonchev–Trinajstić information content (AvgIpc) is 3.71. The number of rotatable bonds is 6. The second kappa shape index (κ2) is 9.87. The number of piperidine rings is 1. The molecule has 0 aliphatic carbocycles. The van der Waals surface area contributed by atoms with Crippen molar-refractivity contribution in [3.8, 4) is 33.1 Å². The quantitative estimate of drug-likeness (QED) is 0.224. The van der Waals surface area contributed by atoms with Crippen LogP contribution in [0.3, 0.4) is 0 Å².